The molecule has 8 heteroatoms. The van der Waals surface area contributed by atoms with Crippen LogP contribution < -0.4 is 5.56 Å². The van der Waals surface area contributed by atoms with Crippen LogP contribution in [0.1, 0.15) is 70.0 Å². The Hall–Kier alpha value is -1.83. The number of rotatable bonds is 7. The molecule has 2 saturated carbocycles. The summed E-state index contributed by atoms with van der Waals surface area (Å²) in [6.07, 6.45) is 8.20. The monoisotopic (exact) mass is 390 g/mol. The Morgan fingerprint density at radius 1 is 1.26 bits per heavy atom. The summed E-state index contributed by atoms with van der Waals surface area (Å²) in [7, 11) is 0. The van der Waals surface area contributed by atoms with Crippen LogP contribution in [0.4, 0.5) is 0 Å². The molecule has 0 radical (unpaired) electrons. The number of fused-ring (bicyclic) bond motifs is 1. The number of carbonyl (C=O) groups excluding carboxylic acids is 1. The van der Waals surface area contributed by atoms with Gasteiger partial charge in [-0.05, 0) is 38.5 Å². The maximum atomic E-state index is 13.1. The van der Waals surface area contributed by atoms with Crippen LogP contribution >= 0.6 is 11.8 Å². The molecule has 0 amide bonds. The normalized spacial score (nSPS) is 23.3. The van der Waals surface area contributed by atoms with Crippen molar-refractivity contribution in [3.8, 4) is 0 Å². The molecule has 2 aromatic rings. The van der Waals surface area contributed by atoms with Crippen LogP contribution in [0, 0.1) is 0 Å². The first-order valence-electron chi connectivity index (χ1n) is 9.95. The fourth-order valence-corrected chi connectivity index (χ4v) is 5.54. The standard InChI is InChI=1S/C19H26N4O3S/c1-2-9-23-18(25)15-17(22-19(23)27-14-5-3-4-6-14)21-16(20-15)12-7-8-13(10-12)26-11-24/h11-14H,2-10H2,1H3,(H,20,21). The van der Waals surface area contributed by atoms with E-state index in [1.807, 2.05) is 0 Å². The number of hydrogen-bond acceptors (Lipinski definition) is 6. The lowest BCUT2D eigenvalue weighted by atomic mass is 10.1. The number of thioether (sulfide) groups is 1. The van der Waals surface area contributed by atoms with E-state index in [9.17, 15) is 9.59 Å². The molecule has 0 bridgehead atoms. The molecular formula is C19H26N4O3S. The van der Waals surface area contributed by atoms with E-state index in [0.717, 1.165) is 36.7 Å². The highest BCUT2D eigenvalue weighted by Crippen LogP contribution is 2.36. The summed E-state index contributed by atoms with van der Waals surface area (Å²) in [5.74, 6) is 0.965. The van der Waals surface area contributed by atoms with Crippen molar-refractivity contribution in [2.45, 2.75) is 87.3 Å². The van der Waals surface area contributed by atoms with Gasteiger partial charge in [-0.25, -0.2) is 9.97 Å². The molecule has 2 unspecified atom stereocenters. The third-order valence-corrected chi connectivity index (χ3v) is 6.96. The number of hydrogen-bond donors (Lipinski definition) is 1. The van der Waals surface area contributed by atoms with Gasteiger partial charge in [0.2, 0.25) is 0 Å². The first kappa shape index (κ1) is 18.5. The summed E-state index contributed by atoms with van der Waals surface area (Å²) in [4.78, 5) is 36.3. The molecule has 2 aliphatic carbocycles. The molecule has 2 aliphatic rings. The van der Waals surface area contributed by atoms with Gasteiger partial charge in [-0.2, -0.15) is 0 Å². The van der Waals surface area contributed by atoms with Gasteiger partial charge < -0.3 is 9.72 Å². The van der Waals surface area contributed by atoms with Gasteiger partial charge in [0, 0.05) is 17.7 Å². The summed E-state index contributed by atoms with van der Waals surface area (Å²) in [5.41, 5.74) is 0.983. The van der Waals surface area contributed by atoms with Gasteiger partial charge in [0.25, 0.3) is 12.0 Å². The molecule has 1 N–H and O–H groups in total. The average molecular weight is 391 g/mol. The smallest absolute Gasteiger partial charge is 0.293 e. The maximum Gasteiger partial charge on any atom is 0.293 e. The van der Waals surface area contributed by atoms with E-state index in [1.165, 1.54) is 25.7 Å². The van der Waals surface area contributed by atoms with Gasteiger partial charge in [-0.1, -0.05) is 31.5 Å². The lowest BCUT2D eigenvalue weighted by Crippen LogP contribution is -2.24. The average Bonchev–Trinajstić information content (AvgIpc) is 3.39. The van der Waals surface area contributed by atoms with Gasteiger partial charge in [0.05, 0.1) is 0 Å². The van der Waals surface area contributed by atoms with Gasteiger partial charge in [0.1, 0.15) is 11.9 Å². The highest BCUT2D eigenvalue weighted by atomic mass is 32.2. The summed E-state index contributed by atoms with van der Waals surface area (Å²) in [6.45, 7) is 3.26. The Kier molecular flexibility index (Phi) is 5.52. The number of H-pyrrole nitrogens is 1. The molecular weight excluding hydrogens is 364 g/mol. The fraction of sp³-hybridized carbons (Fsp3) is 0.684. The highest BCUT2D eigenvalue weighted by Gasteiger charge is 2.30. The summed E-state index contributed by atoms with van der Waals surface area (Å²) < 4.78 is 6.90. The van der Waals surface area contributed by atoms with Gasteiger partial charge in [-0.3, -0.25) is 14.2 Å². The highest BCUT2D eigenvalue weighted by molar-refractivity contribution is 7.99. The van der Waals surface area contributed by atoms with Crippen molar-refractivity contribution in [2.75, 3.05) is 0 Å². The molecule has 2 aromatic heterocycles. The lowest BCUT2D eigenvalue weighted by molar-refractivity contribution is -0.133. The van der Waals surface area contributed by atoms with E-state index in [2.05, 4.69) is 16.9 Å². The first-order chi connectivity index (χ1) is 13.2. The number of aromatic amines is 1. The Morgan fingerprint density at radius 2 is 2.07 bits per heavy atom. The van der Waals surface area contributed by atoms with Crippen molar-refractivity contribution in [3.05, 3.63) is 16.2 Å². The molecule has 0 spiro atoms. The SMILES string of the molecule is CCCn1c(SC2CCCC2)nc2nc(C3CCC(OC=O)C3)[nH]c2c1=O. The molecule has 146 valence electrons. The molecule has 2 heterocycles. The van der Waals surface area contributed by atoms with Crippen molar-refractivity contribution in [2.24, 2.45) is 0 Å². The largest absolute Gasteiger partial charge is 0.465 e. The van der Waals surface area contributed by atoms with Gasteiger partial charge >= 0.3 is 0 Å². The second kappa shape index (κ2) is 8.04. The minimum absolute atomic E-state index is 0.0280. The van der Waals surface area contributed by atoms with Crippen molar-refractivity contribution < 1.29 is 9.53 Å². The molecule has 2 atom stereocenters. The number of nitrogens with one attached hydrogen (secondary N) is 1. The third kappa shape index (κ3) is 3.77. The Labute approximate surface area is 162 Å². The topological polar surface area (TPSA) is 89.9 Å². The van der Waals surface area contributed by atoms with E-state index in [1.54, 1.807) is 16.3 Å². The van der Waals surface area contributed by atoms with E-state index in [0.29, 0.717) is 29.4 Å². The van der Waals surface area contributed by atoms with Crippen LogP contribution in [0.15, 0.2) is 9.95 Å². The van der Waals surface area contributed by atoms with Crippen molar-refractivity contribution in [1.82, 2.24) is 19.5 Å². The van der Waals surface area contributed by atoms with Gasteiger partial charge in [0.15, 0.2) is 16.3 Å². The van der Waals surface area contributed by atoms with Crippen LogP contribution in [0.3, 0.4) is 0 Å². The minimum atomic E-state index is -0.0566. The second-order valence-corrected chi connectivity index (χ2v) is 8.83. The summed E-state index contributed by atoms with van der Waals surface area (Å²) in [6, 6.07) is 0. The number of aromatic nitrogens is 4. The lowest BCUT2D eigenvalue weighted by Gasteiger charge is -2.13. The van der Waals surface area contributed by atoms with Crippen LogP contribution in [0.5, 0.6) is 0 Å². The molecule has 27 heavy (non-hydrogen) atoms. The fourth-order valence-electron chi connectivity index (χ4n) is 4.23. The summed E-state index contributed by atoms with van der Waals surface area (Å²) >= 11 is 1.73. The number of nitrogens with zero attached hydrogens (tertiary/aromatic N) is 3. The Bertz CT molecular complexity index is 872. The van der Waals surface area contributed by atoms with Gasteiger partial charge in [-0.15, -0.1) is 0 Å². The van der Waals surface area contributed by atoms with E-state index in [-0.39, 0.29) is 17.6 Å². The quantitative estimate of drug-likeness (QED) is 0.576. The van der Waals surface area contributed by atoms with E-state index in [4.69, 9.17) is 9.72 Å². The zero-order chi connectivity index (χ0) is 18.8. The van der Waals surface area contributed by atoms with Crippen LogP contribution in [0.2, 0.25) is 0 Å². The predicted octanol–water partition coefficient (Wildman–Crippen LogP) is 3.37. The Balaban J connectivity index is 1.66. The number of imidazole rings is 1. The van der Waals surface area contributed by atoms with Crippen LogP contribution in [-0.2, 0) is 16.1 Å². The van der Waals surface area contributed by atoms with E-state index >= 15 is 0 Å². The molecule has 2 fully saturated rings. The summed E-state index contributed by atoms with van der Waals surface area (Å²) in [5, 5.41) is 1.35. The van der Waals surface area contributed by atoms with Crippen molar-refractivity contribution in [1.29, 1.82) is 0 Å². The first-order valence-corrected chi connectivity index (χ1v) is 10.8. The predicted molar refractivity (Wildman–Crippen MR) is 104 cm³/mol. The number of ether oxygens (including phenoxy) is 1. The zero-order valence-electron chi connectivity index (χ0n) is 15.6. The third-order valence-electron chi connectivity index (χ3n) is 5.64. The van der Waals surface area contributed by atoms with E-state index < -0.39 is 0 Å². The minimum Gasteiger partial charge on any atom is -0.465 e. The number of carbonyl (C=O) groups is 1. The molecule has 7 nitrogen and oxygen atoms in total. The maximum absolute atomic E-state index is 13.1. The van der Waals surface area contributed by atoms with Crippen molar-refractivity contribution in [3.63, 3.8) is 0 Å². The van der Waals surface area contributed by atoms with Crippen LogP contribution in [0.25, 0.3) is 11.2 Å². The molecule has 0 aliphatic heterocycles. The zero-order valence-corrected chi connectivity index (χ0v) is 16.5. The molecule has 0 saturated heterocycles. The Morgan fingerprint density at radius 3 is 2.81 bits per heavy atom. The van der Waals surface area contributed by atoms with Crippen molar-refractivity contribution >= 4 is 29.4 Å². The molecule has 0 aromatic carbocycles. The molecule has 4 rings (SSSR count). The second-order valence-electron chi connectivity index (χ2n) is 7.56. The van der Waals surface area contributed by atoms with Crippen LogP contribution in [-0.4, -0.2) is 37.3 Å².